The van der Waals surface area contributed by atoms with Crippen LogP contribution >= 0.6 is 0 Å². The normalized spacial score (nSPS) is 10.3. The Labute approximate surface area is 103 Å². The van der Waals surface area contributed by atoms with Crippen molar-refractivity contribution >= 4 is 11.7 Å². The van der Waals surface area contributed by atoms with Crippen molar-refractivity contribution in [1.82, 2.24) is 0 Å². The molecular weight excluding hydrogens is 237 g/mol. The predicted octanol–water partition coefficient (Wildman–Crippen LogP) is 2.66. The Morgan fingerprint density at radius 2 is 2.17 bits per heavy atom. The van der Waals surface area contributed by atoms with E-state index in [0.29, 0.717) is 18.0 Å². The van der Waals surface area contributed by atoms with Gasteiger partial charge in [-0.05, 0) is 24.3 Å². The van der Waals surface area contributed by atoms with Crippen molar-refractivity contribution in [3.63, 3.8) is 0 Å². The summed E-state index contributed by atoms with van der Waals surface area (Å²) in [6, 6.07) is 7.95. The highest BCUT2D eigenvalue weighted by Gasteiger charge is 2.12. The molecule has 2 aromatic rings. The predicted molar refractivity (Wildman–Crippen MR) is 63.8 cm³/mol. The maximum Gasteiger partial charge on any atom is 0.308 e. The number of carbonyl (C=O) groups is 1. The highest BCUT2D eigenvalue weighted by molar-refractivity contribution is 5.73. The van der Waals surface area contributed by atoms with Gasteiger partial charge in [0.25, 0.3) is 0 Å². The molecule has 1 heterocycles. The van der Waals surface area contributed by atoms with Gasteiger partial charge >= 0.3 is 5.97 Å². The van der Waals surface area contributed by atoms with Crippen molar-refractivity contribution < 1.29 is 18.7 Å². The Balaban J connectivity index is 2.16. The lowest BCUT2D eigenvalue weighted by Gasteiger charge is -2.10. The summed E-state index contributed by atoms with van der Waals surface area (Å²) < 4.78 is 18.7. The molecule has 0 aliphatic carbocycles. The lowest BCUT2D eigenvalue weighted by molar-refractivity contribution is -0.136. The number of carboxylic acid groups (broad SMARTS) is 1. The molecule has 0 spiro atoms. The Morgan fingerprint density at radius 1 is 1.33 bits per heavy atom. The van der Waals surface area contributed by atoms with Crippen LogP contribution in [0.3, 0.4) is 0 Å². The van der Waals surface area contributed by atoms with Gasteiger partial charge in [-0.2, -0.15) is 0 Å². The zero-order valence-corrected chi connectivity index (χ0v) is 9.52. The first-order chi connectivity index (χ1) is 8.66. The van der Waals surface area contributed by atoms with Crippen LogP contribution in [-0.4, -0.2) is 11.1 Å². The molecule has 5 heteroatoms. The number of rotatable bonds is 5. The zero-order valence-electron chi connectivity index (χ0n) is 9.52. The number of carboxylic acids is 1. The number of benzene rings is 1. The van der Waals surface area contributed by atoms with Gasteiger partial charge in [-0.3, -0.25) is 4.79 Å². The minimum atomic E-state index is -1.07. The molecule has 0 bridgehead atoms. The quantitative estimate of drug-likeness (QED) is 0.855. The summed E-state index contributed by atoms with van der Waals surface area (Å²) in [5, 5.41) is 11.7. The standard InChI is InChI=1S/C13H12FNO3/c14-11-4-1-5-12(10(11)7-13(16)17)15-8-9-3-2-6-18-9/h1-6,15H,7-8H2,(H,16,17). The van der Waals surface area contributed by atoms with E-state index in [-0.39, 0.29) is 12.0 Å². The highest BCUT2D eigenvalue weighted by atomic mass is 19.1. The van der Waals surface area contributed by atoms with E-state index in [1.165, 1.54) is 12.1 Å². The first-order valence-corrected chi connectivity index (χ1v) is 5.42. The number of hydrogen-bond acceptors (Lipinski definition) is 3. The molecule has 0 atom stereocenters. The van der Waals surface area contributed by atoms with Gasteiger partial charge in [0.15, 0.2) is 0 Å². The molecule has 94 valence electrons. The SMILES string of the molecule is O=C(O)Cc1c(F)cccc1NCc1ccco1. The molecular formula is C13H12FNO3. The Kier molecular flexibility index (Phi) is 3.62. The van der Waals surface area contributed by atoms with Crippen molar-refractivity contribution in [3.8, 4) is 0 Å². The monoisotopic (exact) mass is 249 g/mol. The summed E-state index contributed by atoms with van der Waals surface area (Å²) in [5.41, 5.74) is 0.616. The van der Waals surface area contributed by atoms with Gasteiger partial charge in [0.2, 0.25) is 0 Å². The van der Waals surface area contributed by atoms with E-state index in [1.807, 2.05) is 0 Å². The third-order valence-corrected chi connectivity index (χ3v) is 2.48. The Bertz CT molecular complexity index is 537. The number of hydrogen-bond donors (Lipinski definition) is 2. The van der Waals surface area contributed by atoms with Crippen LogP contribution in [0.15, 0.2) is 41.0 Å². The maximum absolute atomic E-state index is 13.5. The third-order valence-electron chi connectivity index (χ3n) is 2.48. The number of aliphatic carboxylic acids is 1. The number of nitrogens with one attached hydrogen (secondary N) is 1. The van der Waals surface area contributed by atoms with Crippen LogP contribution in [-0.2, 0) is 17.8 Å². The molecule has 0 amide bonds. The van der Waals surface area contributed by atoms with E-state index in [9.17, 15) is 9.18 Å². The van der Waals surface area contributed by atoms with Crippen LogP contribution in [0.1, 0.15) is 11.3 Å². The van der Waals surface area contributed by atoms with Gasteiger partial charge in [-0.1, -0.05) is 6.07 Å². The molecule has 0 saturated heterocycles. The number of anilines is 1. The molecule has 0 saturated carbocycles. The lowest BCUT2D eigenvalue weighted by Crippen LogP contribution is -2.08. The molecule has 2 N–H and O–H groups in total. The van der Waals surface area contributed by atoms with Gasteiger partial charge in [0.05, 0.1) is 19.2 Å². The second-order valence-electron chi connectivity index (χ2n) is 3.77. The lowest BCUT2D eigenvalue weighted by atomic mass is 10.1. The van der Waals surface area contributed by atoms with Crippen LogP contribution in [0.25, 0.3) is 0 Å². The third kappa shape index (κ3) is 2.88. The van der Waals surface area contributed by atoms with E-state index in [2.05, 4.69) is 5.32 Å². The minimum Gasteiger partial charge on any atom is -0.481 e. The molecule has 0 fully saturated rings. The maximum atomic E-state index is 13.5. The van der Waals surface area contributed by atoms with Gasteiger partial charge in [-0.15, -0.1) is 0 Å². The zero-order chi connectivity index (χ0) is 13.0. The highest BCUT2D eigenvalue weighted by Crippen LogP contribution is 2.20. The molecule has 0 unspecified atom stereocenters. The van der Waals surface area contributed by atoms with Crippen molar-refractivity contribution in [2.75, 3.05) is 5.32 Å². The van der Waals surface area contributed by atoms with Crippen molar-refractivity contribution in [2.45, 2.75) is 13.0 Å². The van der Waals surface area contributed by atoms with E-state index < -0.39 is 11.8 Å². The summed E-state index contributed by atoms with van der Waals surface area (Å²) >= 11 is 0. The van der Waals surface area contributed by atoms with Crippen LogP contribution in [0.5, 0.6) is 0 Å². The fraction of sp³-hybridized carbons (Fsp3) is 0.154. The summed E-state index contributed by atoms with van der Waals surface area (Å²) in [6.45, 7) is 0.378. The second-order valence-corrected chi connectivity index (χ2v) is 3.77. The summed E-state index contributed by atoms with van der Waals surface area (Å²) in [5.74, 6) is -0.900. The average Bonchev–Trinajstić information content (AvgIpc) is 2.82. The molecule has 4 nitrogen and oxygen atoms in total. The average molecular weight is 249 g/mol. The first-order valence-electron chi connectivity index (χ1n) is 5.42. The topological polar surface area (TPSA) is 62.5 Å². The van der Waals surface area contributed by atoms with Crippen molar-refractivity contribution in [2.24, 2.45) is 0 Å². The van der Waals surface area contributed by atoms with Crippen molar-refractivity contribution in [3.05, 3.63) is 53.7 Å². The van der Waals surface area contributed by atoms with Gasteiger partial charge in [0.1, 0.15) is 11.6 Å². The summed E-state index contributed by atoms with van der Waals surface area (Å²) in [4.78, 5) is 10.7. The molecule has 18 heavy (non-hydrogen) atoms. The number of furan rings is 1. The minimum absolute atomic E-state index is 0.150. The molecule has 0 aliphatic heterocycles. The largest absolute Gasteiger partial charge is 0.481 e. The fourth-order valence-corrected chi connectivity index (χ4v) is 1.65. The van der Waals surface area contributed by atoms with E-state index in [4.69, 9.17) is 9.52 Å². The van der Waals surface area contributed by atoms with Gasteiger partial charge in [-0.25, -0.2) is 4.39 Å². The Hall–Kier alpha value is -2.30. The smallest absolute Gasteiger partial charge is 0.308 e. The van der Waals surface area contributed by atoms with E-state index >= 15 is 0 Å². The first kappa shape index (κ1) is 12.2. The molecule has 0 radical (unpaired) electrons. The summed E-state index contributed by atoms with van der Waals surface area (Å²) in [6.07, 6.45) is 1.19. The van der Waals surface area contributed by atoms with E-state index in [1.54, 1.807) is 24.5 Å². The van der Waals surface area contributed by atoms with Crippen LogP contribution in [0, 0.1) is 5.82 Å². The Morgan fingerprint density at radius 3 is 2.83 bits per heavy atom. The molecule has 0 aliphatic rings. The fourth-order valence-electron chi connectivity index (χ4n) is 1.65. The van der Waals surface area contributed by atoms with Crippen LogP contribution in [0.2, 0.25) is 0 Å². The molecule has 1 aromatic heterocycles. The number of halogens is 1. The second kappa shape index (κ2) is 5.35. The molecule has 1 aromatic carbocycles. The summed E-state index contributed by atoms with van der Waals surface area (Å²) in [7, 11) is 0. The van der Waals surface area contributed by atoms with Crippen LogP contribution < -0.4 is 5.32 Å². The van der Waals surface area contributed by atoms with Crippen LogP contribution in [0.4, 0.5) is 10.1 Å². The van der Waals surface area contributed by atoms with E-state index in [0.717, 1.165) is 0 Å². The van der Waals surface area contributed by atoms with Gasteiger partial charge < -0.3 is 14.8 Å². The van der Waals surface area contributed by atoms with Gasteiger partial charge in [0, 0.05) is 11.3 Å². The van der Waals surface area contributed by atoms with Crippen molar-refractivity contribution in [1.29, 1.82) is 0 Å². The molecule has 2 rings (SSSR count).